The molecule has 0 aromatic heterocycles. The van der Waals surface area contributed by atoms with Crippen molar-refractivity contribution in [2.75, 3.05) is 6.61 Å². The first-order valence-corrected chi connectivity index (χ1v) is 8.95. The van der Waals surface area contributed by atoms with Crippen LogP contribution in [0.15, 0.2) is 22.7 Å². The molecule has 24 heavy (non-hydrogen) atoms. The number of hydrogen-bond donors (Lipinski definition) is 0. The van der Waals surface area contributed by atoms with Crippen LogP contribution >= 0.6 is 15.9 Å². The predicted octanol–water partition coefficient (Wildman–Crippen LogP) is 4.53. The van der Waals surface area contributed by atoms with Crippen LogP contribution in [-0.4, -0.2) is 35.2 Å². The van der Waals surface area contributed by atoms with Gasteiger partial charge in [0.2, 0.25) is 0 Å². The number of carbonyl (C=O) groups excluding carboxylic acids is 2. The van der Waals surface area contributed by atoms with E-state index in [9.17, 15) is 9.59 Å². The van der Waals surface area contributed by atoms with Gasteiger partial charge in [-0.15, -0.1) is 0 Å². The third-order valence-corrected chi connectivity index (χ3v) is 3.90. The Bertz CT molecular complexity index is 620. The van der Waals surface area contributed by atoms with Crippen molar-refractivity contribution >= 4 is 28.0 Å². The van der Waals surface area contributed by atoms with Crippen LogP contribution in [0.1, 0.15) is 56.5 Å². The molecule has 1 saturated carbocycles. The second-order valence-corrected chi connectivity index (χ2v) is 7.82. The van der Waals surface area contributed by atoms with Gasteiger partial charge in [-0.2, -0.15) is 0 Å². The lowest BCUT2D eigenvalue weighted by atomic mass is 10.1. The van der Waals surface area contributed by atoms with Gasteiger partial charge < -0.3 is 14.4 Å². The first-order chi connectivity index (χ1) is 11.2. The van der Waals surface area contributed by atoms with Crippen molar-refractivity contribution in [1.29, 1.82) is 0 Å². The minimum atomic E-state index is -0.530. The topological polar surface area (TPSA) is 55.8 Å². The lowest BCUT2D eigenvalue weighted by molar-refractivity contribution is 0.0216. The molecule has 0 bridgehead atoms. The molecule has 1 fully saturated rings. The smallest absolute Gasteiger partial charge is 0.410 e. The Labute approximate surface area is 151 Å². The lowest BCUT2D eigenvalue weighted by Gasteiger charge is -2.27. The maximum Gasteiger partial charge on any atom is 0.410 e. The standard InChI is InChI=1S/C18H24BrNO4/c1-5-23-16(21)13-8-12(9-14(19)10-13)11-20(15-6-7-15)17(22)24-18(2,3)4/h8-10,15H,5-7,11H2,1-4H3. The molecule has 1 aliphatic carbocycles. The van der Waals surface area contributed by atoms with Crippen molar-refractivity contribution in [2.24, 2.45) is 0 Å². The van der Waals surface area contributed by atoms with Gasteiger partial charge in [0.25, 0.3) is 0 Å². The van der Waals surface area contributed by atoms with Gasteiger partial charge >= 0.3 is 12.1 Å². The third-order valence-electron chi connectivity index (χ3n) is 3.44. The first-order valence-electron chi connectivity index (χ1n) is 8.16. The van der Waals surface area contributed by atoms with E-state index in [1.165, 1.54) is 0 Å². The van der Waals surface area contributed by atoms with E-state index in [4.69, 9.17) is 9.47 Å². The average Bonchev–Trinajstić information content (AvgIpc) is 3.27. The second kappa shape index (κ2) is 7.55. The molecule has 6 heteroatoms. The van der Waals surface area contributed by atoms with E-state index in [0.29, 0.717) is 18.7 Å². The quantitative estimate of drug-likeness (QED) is 0.684. The number of esters is 1. The van der Waals surface area contributed by atoms with Crippen molar-refractivity contribution in [3.8, 4) is 0 Å². The predicted molar refractivity (Wildman–Crippen MR) is 94.9 cm³/mol. The number of halogens is 1. The van der Waals surface area contributed by atoms with Gasteiger partial charge in [-0.3, -0.25) is 0 Å². The number of benzene rings is 1. The summed E-state index contributed by atoms with van der Waals surface area (Å²) in [5, 5.41) is 0. The average molecular weight is 398 g/mol. The number of amides is 1. The van der Waals surface area contributed by atoms with Gasteiger partial charge in [0.15, 0.2) is 0 Å². The lowest BCUT2D eigenvalue weighted by Crippen LogP contribution is -2.37. The van der Waals surface area contributed by atoms with E-state index in [1.54, 1.807) is 24.0 Å². The van der Waals surface area contributed by atoms with E-state index in [-0.39, 0.29) is 18.1 Å². The summed E-state index contributed by atoms with van der Waals surface area (Å²) in [4.78, 5) is 26.1. The summed E-state index contributed by atoms with van der Waals surface area (Å²) in [5.74, 6) is -0.365. The van der Waals surface area contributed by atoms with Gasteiger partial charge in [0.1, 0.15) is 5.60 Å². The fourth-order valence-electron chi connectivity index (χ4n) is 2.32. The van der Waals surface area contributed by atoms with Gasteiger partial charge in [0.05, 0.1) is 12.2 Å². The monoisotopic (exact) mass is 397 g/mol. The maximum atomic E-state index is 12.5. The zero-order valence-electron chi connectivity index (χ0n) is 14.6. The van der Waals surface area contributed by atoms with E-state index in [0.717, 1.165) is 22.9 Å². The second-order valence-electron chi connectivity index (χ2n) is 6.91. The van der Waals surface area contributed by atoms with Crippen LogP contribution < -0.4 is 0 Å². The Balaban J connectivity index is 2.17. The van der Waals surface area contributed by atoms with Crippen LogP contribution in [0.4, 0.5) is 4.79 Å². The molecule has 0 saturated heterocycles. The fourth-order valence-corrected chi connectivity index (χ4v) is 2.86. The molecule has 132 valence electrons. The van der Waals surface area contributed by atoms with Crippen LogP contribution in [0, 0.1) is 0 Å². The third kappa shape index (κ3) is 5.51. The van der Waals surface area contributed by atoms with Crippen LogP contribution in [0.5, 0.6) is 0 Å². The zero-order valence-corrected chi connectivity index (χ0v) is 16.2. The molecule has 0 atom stereocenters. The molecule has 0 N–H and O–H groups in total. The molecule has 0 unspecified atom stereocenters. The van der Waals surface area contributed by atoms with Crippen molar-refractivity contribution in [1.82, 2.24) is 4.90 Å². The van der Waals surface area contributed by atoms with Crippen molar-refractivity contribution < 1.29 is 19.1 Å². The van der Waals surface area contributed by atoms with Crippen LogP contribution in [0.3, 0.4) is 0 Å². The highest BCUT2D eigenvalue weighted by molar-refractivity contribution is 9.10. The summed E-state index contributed by atoms with van der Waals surface area (Å²) in [7, 11) is 0. The molecular formula is C18H24BrNO4. The highest BCUT2D eigenvalue weighted by Crippen LogP contribution is 2.30. The summed E-state index contributed by atoms with van der Waals surface area (Å²) in [5.41, 5.74) is 0.809. The minimum absolute atomic E-state index is 0.213. The van der Waals surface area contributed by atoms with Crippen molar-refractivity contribution in [2.45, 2.75) is 58.7 Å². The van der Waals surface area contributed by atoms with E-state index in [1.807, 2.05) is 26.8 Å². The number of carbonyl (C=O) groups is 2. The number of nitrogens with zero attached hydrogens (tertiary/aromatic N) is 1. The van der Waals surface area contributed by atoms with Gasteiger partial charge in [-0.25, -0.2) is 9.59 Å². The van der Waals surface area contributed by atoms with Crippen LogP contribution in [-0.2, 0) is 16.0 Å². The molecule has 2 rings (SSSR count). The Morgan fingerprint density at radius 3 is 2.46 bits per heavy atom. The fraction of sp³-hybridized carbons (Fsp3) is 0.556. The zero-order chi connectivity index (χ0) is 17.9. The molecule has 0 heterocycles. The van der Waals surface area contributed by atoms with Crippen LogP contribution in [0.25, 0.3) is 0 Å². The Morgan fingerprint density at radius 1 is 1.25 bits per heavy atom. The van der Waals surface area contributed by atoms with Crippen molar-refractivity contribution in [3.63, 3.8) is 0 Å². The minimum Gasteiger partial charge on any atom is -0.462 e. The van der Waals surface area contributed by atoms with E-state index in [2.05, 4.69) is 15.9 Å². The number of rotatable bonds is 5. The summed E-state index contributed by atoms with van der Waals surface area (Å²) < 4.78 is 11.3. The molecule has 0 radical (unpaired) electrons. The number of hydrogen-bond acceptors (Lipinski definition) is 4. The molecule has 1 aliphatic rings. The summed E-state index contributed by atoms with van der Waals surface area (Å²) in [6.07, 6.45) is 1.65. The molecule has 1 amide bonds. The Morgan fingerprint density at radius 2 is 1.92 bits per heavy atom. The molecule has 0 aliphatic heterocycles. The molecule has 5 nitrogen and oxygen atoms in total. The summed E-state index contributed by atoms with van der Waals surface area (Å²) in [6.45, 7) is 8.07. The molecular weight excluding hydrogens is 374 g/mol. The largest absolute Gasteiger partial charge is 0.462 e. The van der Waals surface area contributed by atoms with Gasteiger partial charge in [0, 0.05) is 17.1 Å². The van der Waals surface area contributed by atoms with Gasteiger partial charge in [-0.05, 0) is 64.3 Å². The molecule has 1 aromatic rings. The summed E-state index contributed by atoms with van der Waals surface area (Å²) in [6, 6.07) is 5.60. The highest BCUT2D eigenvalue weighted by Gasteiger charge is 2.35. The highest BCUT2D eigenvalue weighted by atomic mass is 79.9. The first kappa shape index (κ1) is 18.8. The Hall–Kier alpha value is -1.56. The van der Waals surface area contributed by atoms with Crippen molar-refractivity contribution in [3.05, 3.63) is 33.8 Å². The Kier molecular flexibility index (Phi) is 5.91. The normalized spacial score (nSPS) is 14.2. The van der Waals surface area contributed by atoms with E-state index < -0.39 is 5.60 Å². The maximum absolute atomic E-state index is 12.5. The van der Waals surface area contributed by atoms with Gasteiger partial charge in [-0.1, -0.05) is 15.9 Å². The van der Waals surface area contributed by atoms with E-state index >= 15 is 0 Å². The molecule has 1 aromatic carbocycles. The summed E-state index contributed by atoms with van der Waals surface area (Å²) >= 11 is 3.42. The molecule has 0 spiro atoms. The number of ether oxygens (including phenoxy) is 2. The SMILES string of the molecule is CCOC(=O)c1cc(Br)cc(CN(C(=O)OC(C)(C)C)C2CC2)c1. The van der Waals surface area contributed by atoms with Crippen LogP contribution in [0.2, 0.25) is 0 Å².